The van der Waals surface area contributed by atoms with Gasteiger partial charge < -0.3 is 28.5 Å². The highest BCUT2D eigenvalue weighted by atomic mass is 127. The summed E-state index contributed by atoms with van der Waals surface area (Å²) in [5, 5.41) is 0. The Balaban J connectivity index is 0.00000400. The van der Waals surface area contributed by atoms with Crippen molar-refractivity contribution in [3.05, 3.63) is 23.9 Å². The van der Waals surface area contributed by atoms with Crippen LogP contribution in [0.5, 0.6) is 0 Å². The molecule has 0 radical (unpaired) electrons. The van der Waals surface area contributed by atoms with Crippen molar-refractivity contribution in [1.82, 2.24) is 4.98 Å². The molecule has 1 rings (SSSR count). The molecule has 0 N–H and O–H groups in total. The van der Waals surface area contributed by atoms with Gasteiger partial charge in [0.25, 0.3) is 0 Å². The van der Waals surface area contributed by atoms with Gasteiger partial charge in [0.15, 0.2) is 0 Å². The zero-order valence-electron chi connectivity index (χ0n) is 12.4. The van der Waals surface area contributed by atoms with Crippen LogP contribution in [0.2, 0.25) is 0 Å². The van der Waals surface area contributed by atoms with E-state index in [9.17, 15) is 18.0 Å². The fourth-order valence-electron chi connectivity index (χ4n) is 1.55. The predicted molar refractivity (Wildman–Crippen MR) is 70.2 cm³/mol. The summed E-state index contributed by atoms with van der Waals surface area (Å²) in [6.07, 6.45) is -3.67. The molecule has 1 aromatic heterocycles. The number of carbonyl (C=O) groups excluding carboxylic acids is 1. The first kappa shape index (κ1) is 20.1. The van der Waals surface area contributed by atoms with Crippen LogP contribution in [0.25, 0.3) is 0 Å². The maximum atomic E-state index is 12.5. The lowest BCUT2D eigenvalue weighted by Crippen LogP contribution is -3.00. The Morgan fingerprint density at radius 1 is 1.29 bits per heavy atom. The number of quaternary nitrogens is 1. The van der Waals surface area contributed by atoms with Crippen LogP contribution >= 0.6 is 0 Å². The molecule has 0 aliphatic carbocycles. The average molecular weight is 417 g/mol. The van der Waals surface area contributed by atoms with Crippen LogP contribution in [0, 0.1) is 0 Å². The minimum atomic E-state index is -4.42. The molecule has 0 atom stereocenters. The van der Waals surface area contributed by atoms with Crippen molar-refractivity contribution in [1.29, 1.82) is 0 Å². The van der Waals surface area contributed by atoms with Gasteiger partial charge in [-0.05, 0) is 12.1 Å². The summed E-state index contributed by atoms with van der Waals surface area (Å²) in [6, 6.07) is 2.16. The zero-order valence-corrected chi connectivity index (χ0v) is 14.6. The van der Waals surface area contributed by atoms with E-state index in [1.165, 1.54) is 17.9 Å². The molecule has 0 aromatic carbocycles. The van der Waals surface area contributed by atoms with Crippen molar-refractivity contribution in [2.45, 2.75) is 13.1 Å². The standard InChI is InChI=1S/C13H19F3N3O.HI/c1-10(20)18(7-8-19(2,3)4)12-6-5-11(9-17-12)13(14,15)16;/h5-6,9H,7-8H2,1-4H3;1H/q+1;/p-1. The molecule has 0 saturated heterocycles. The molecule has 4 nitrogen and oxygen atoms in total. The summed E-state index contributed by atoms with van der Waals surface area (Å²) in [6.45, 7) is 2.44. The number of aromatic nitrogens is 1. The number of rotatable bonds is 4. The summed E-state index contributed by atoms with van der Waals surface area (Å²) in [4.78, 5) is 16.7. The third kappa shape index (κ3) is 6.60. The molecule has 8 heteroatoms. The highest BCUT2D eigenvalue weighted by molar-refractivity contribution is 5.90. The smallest absolute Gasteiger partial charge is 0.417 e. The Morgan fingerprint density at radius 3 is 2.19 bits per heavy atom. The zero-order chi connectivity index (χ0) is 15.6. The van der Waals surface area contributed by atoms with E-state index in [2.05, 4.69) is 4.98 Å². The monoisotopic (exact) mass is 417 g/mol. The van der Waals surface area contributed by atoms with E-state index in [1.807, 2.05) is 21.1 Å². The van der Waals surface area contributed by atoms with Gasteiger partial charge in [-0.1, -0.05) is 0 Å². The van der Waals surface area contributed by atoms with Crippen molar-refractivity contribution in [2.24, 2.45) is 0 Å². The van der Waals surface area contributed by atoms with E-state index in [0.29, 0.717) is 17.6 Å². The number of likely N-dealkylation sites (N-methyl/N-ethyl adjacent to an activating group) is 1. The molecular weight excluding hydrogens is 398 g/mol. The number of pyridine rings is 1. The SMILES string of the molecule is CC(=O)N(CC[N+](C)(C)C)c1ccc(C(F)(F)F)cn1.[I-]. The maximum Gasteiger partial charge on any atom is 0.417 e. The molecule has 0 aliphatic heterocycles. The van der Waals surface area contributed by atoms with E-state index < -0.39 is 11.7 Å². The quantitative estimate of drug-likeness (QED) is 0.473. The Bertz CT molecular complexity index is 469. The highest BCUT2D eigenvalue weighted by Crippen LogP contribution is 2.29. The molecule has 0 spiro atoms. The van der Waals surface area contributed by atoms with Crippen molar-refractivity contribution >= 4 is 11.7 Å². The van der Waals surface area contributed by atoms with Crippen LogP contribution in [0.1, 0.15) is 12.5 Å². The largest absolute Gasteiger partial charge is 1.00 e. The van der Waals surface area contributed by atoms with Crippen LogP contribution in [0.4, 0.5) is 19.0 Å². The molecule has 1 aromatic rings. The average Bonchev–Trinajstić information content (AvgIpc) is 2.26. The number of alkyl halides is 3. The van der Waals surface area contributed by atoms with Crippen LogP contribution in [-0.2, 0) is 11.0 Å². The van der Waals surface area contributed by atoms with Crippen LogP contribution < -0.4 is 28.9 Å². The maximum absolute atomic E-state index is 12.5. The summed E-state index contributed by atoms with van der Waals surface area (Å²) in [5.74, 6) is -0.00958. The Kier molecular flexibility index (Phi) is 7.07. The van der Waals surface area contributed by atoms with E-state index in [-0.39, 0.29) is 35.7 Å². The first-order chi connectivity index (χ1) is 9.00. The van der Waals surface area contributed by atoms with Crippen molar-refractivity contribution < 1.29 is 46.4 Å². The van der Waals surface area contributed by atoms with E-state index >= 15 is 0 Å². The minimum absolute atomic E-state index is 0. The topological polar surface area (TPSA) is 33.2 Å². The van der Waals surface area contributed by atoms with Gasteiger partial charge >= 0.3 is 6.18 Å². The van der Waals surface area contributed by atoms with Crippen molar-refractivity contribution in [3.8, 4) is 0 Å². The molecule has 0 saturated carbocycles. The lowest BCUT2D eigenvalue weighted by atomic mass is 10.2. The minimum Gasteiger partial charge on any atom is -1.00 e. The molecule has 0 fully saturated rings. The second kappa shape index (κ2) is 7.39. The van der Waals surface area contributed by atoms with Gasteiger partial charge in [-0.2, -0.15) is 13.2 Å². The second-order valence-electron chi connectivity index (χ2n) is 5.59. The number of nitrogens with zero attached hydrogens (tertiary/aromatic N) is 3. The molecule has 0 unspecified atom stereocenters. The highest BCUT2D eigenvalue weighted by Gasteiger charge is 2.31. The van der Waals surface area contributed by atoms with Gasteiger partial charge in [-0.3, -0.25) is 9.69 Å². The van der Waals surface area contributed by atoms with Crippen LogP contribution in [0.3, 0.4) is 0 Å². The van der Waals surface area contributed by atoms with Crippen molar-refractivity contribution in [2.75, 3.05) is 39.1 Å². The number of carbonyl (C=O) groups is 1. The number of amides is 1. The lowest BCUT2D eigenvalue weighted by Gasteiger charge is -2.28. The van der Waals surface area contributed by atoms with Crippen LogP contribution in [-0.4, -0.2) is 49.6 Å². The molecule has 1 amide bonds. The lowest BCUT2D eigenvalue weighted by molar-refractivity contribution is -0.868. The van der Waals surface area contributed by atoms with E-state index in [4.69, 9.17) is 0 Å². The van der Waals surface area contributed by atoms with Crippen LogP contribution in [0.15, 0.2) is 18.3 Å². The first-order valence-electron chi connectivity index (χ1n) is 6.12. The van der Waals surface area contributed by atoms with Crippen molar-refractivity contribution in [3.63, 3.8) is 0 Å². The normalized spacial score (nSPS) is 11.8. The molecule has 120 valence electrons. The van der Waals surface area contributed by atoms with Gasteiger partial charge in [-0.25, -0.2) is 4.98 Å². The molecule has 0 bridgehead atoms. The van der Waals surface area contributed by atoms with Gasteiger partial charge in [-0.15, -0.1) is 0 Å². The number of hydrogen-bond acceptors (Lipinski definition) is 2. The van der Waals surface area contributed by atoms with E-state index in [0.717, 1.165) is 12.3 Å². The fraction of sp³-hybridized carbons (Fsp3) is 0.538. The third-order valence-electron chi connectivity index (χ3n) is 2.73. The van der Waals surface area contributed by atoms with Gasteiger partial charge in [0.2, 0.25) is 5.91 Å². The Morgan fingerprint density at radius 2 is 1.86 bits per heavy atom. The van der Waals surface area contributed by atoms with Gasteiger partial charge in [0.1, 0.15) is 5.82 Å². The van der Waals surface area contributed by atoms with Gasteiger partial charge in [0.05, 0.1) is 39.8 Å². The third-order valence-corrected chi connectivity index (χ3v) is 2.73. The first-order valence-corrected chi connectivity index (χ1v) is 6.12. The summed E-state index contributed by atoms with van der Waals surface area (Å²) in [7, 11) is 5.91. The van der Waals surface area contributed by atoms with Gasteiger partial charge in [0, 0.05) is 13.1 Å². The fourth-order valence-corrected chi connectivity index (χ4v) is 1.55. The summed E-state index contributed by atoms with van der Waals surface area (Å²) < 4.78 is 38.0. The Labute approximate surface area is 139 Å². The number of hydrogen-bond donors (Lipinski definition) is 0. The summed E-state index contributed by atoms with van der Waals surface area (Å²) >= 11 is 0. The summed E-state index contributed by atoms with van der Waals surface area (Å²) in [5.41, 5.74) is -0.823. The Hall–Kier alpha value is -0.900. The molecule has 0 aliphatic rings. The molecule has 21 heavy (non-hydrogen) atoms. The molecular formula is C13H19F3IN3O. The second-order valence-corrected chi connectivity index (χ2v) is 5.59. The predicted octanol–water partition coefficient (Wildman–Crippen LogP) is -0.836. The number of anilines is 1. The van der Waals surface area contributed by atoms with E-state index in [1.54, 1.807) is 0 Å². The molecule has 1 heterocycles. The number of halogens is 4.